The predicted octanol–water partition coefficient (Wildman–Crippen LogP) is 0.518. The third kappa shape index (κ3) is 5.81. The Balaban J connectivity index is 2.26. The van der Waals surface area contributed by atoms with Gasteiger partial charge in [-0.1, -0.05) is 13.8 Å². The van der Waals surface area contributed by atoms with Crippen molar-refractivity contribution in [2.45, 2.75) is 40.2 Å². The second-order valence-corrected chi connectivity index (χ2v) is 6.62. The van der Waals surface area contributed by atoms with Crippen LogP contribution in [0.4, 0.5) is 0 Å². The van der Waals surface area contributed by atoms with Crippen LogP contribution in [0.2, 0.25) is 0 Å². The van der Waals surface area contributed by atoms with Gasteiger partial charge in [-0.3, -0.25) is 9.59 Å². The number of nitrogens with one attached hydrogen (secondary N) is 2. The second-order valence-electron chi connectivity index (χ2n) is 5.33. The Hall–Kier alpha value is -1.47. The number of rotatable bonds is 7. The Morgan fingerprint density at radius 3 is 2.48 bits per heavy atom. The van der Waals surface area contributed by atoms with Crippen LogP contribution in [0, 0.1) is 19.8 Å². The normalized spacial score (nSPS) is 12.3. The van der Waals surface area contributed by atoms with Crippen molar-refractivity contribution in [1.29, 1.82) is 0 Å². The Morgan fingerprint density at radius 1 is 1.29 bits per heavy atom. The molecule has 1 atom stereocenters. The molecule has 0 aliphatic rings. The molecule has 6 nitrogen and oxygen atoms in total. The number of carbonyl (C=O) groups is 2. The SMILES string of the molecule is Cc1nc(C)c(CCNC(=O)CNC(=O)[C@@H](N)C(C)C)s1. The van der Waals surface area contributed by atoms with Gasteiger partial charge in [0.15, 0.2) is 0 Å². The fraction of sp³-hybridized carbons (Fsp3) is 0.643. The summed E-state index contributed by atoms with van der Waals surface area (Å²) in [6.07, 6.45) is 0.753. The van der Waals surface area contributed by atoms with Crippen molar-refractivity contribution in [3.8, 4) is 0 Å². The highest BCUT2D eigenvalue weighted by Gasteiger charge is 2.17. The second kappa shape index (κ2) is 8.09. The molecular formula is C14H24N4O2S. The number of hydrogen-bond donors (Lipinski definition) is 3. The molecule has 0 saturated carbocycles. The highest BCUT2D eigenvalue weighted by atomic mass is 32.1. The fourth-order valence-corrected chi connectivity index (χ4v) is 2.71. The van der Waals surface area contributed by atoms with Crippen molar-refractivity contribution in [3.05, 3.63) is 15.6 Å². The molecule has 1 aromatic rings. The zero-order valence-electron chi connectivity index (χ0n) is 13.0. The molecule has 2 amide bonds. The quantitative estimate of drug-likeness (QED) is 0.683. The van der Waals surface area contributed by atoms with E-state index in [-0.39, 0.29) is 24.3 Å². The standard InChI is InChI=1S/C14H24N4O2S/c1-8(2)13(15)14(20)17-7-12(19)16-6-5-11-9(3)18-10(4)21-11/h8,13H,5-7,15H2,1-4H3,(H,16,19)(H,17,20)/t13-/m0/s1. The molecule has 0 aliphatic carbocycles. The maximum Gasteiger partial charge on any atom is 0.239 e. The summed E-state index contributed by atoms with van der Waals surface area (Å²) in [5.74, 6) is -0.460. The first-order valence-corrected chi connectivity index (χ1v) is 7.85. The van der Waals surface area contributed by atoms with Crippen LogP contribution in [0.5, 0.6) is 0 Å². The molecule has 0 spiro atoms. The number of thiazole rings is 1. The third-order valence-electron chi connectivity index (χ3n) is 3.12. The first kappa shape index (κ1) is 17.6. The number of nitrogens with two attached hydrogens (primary N) is 1. The molecule has 1 rings (SSSR count). The lowest BCUT2D eigenvalue weighted by atomic mass is 10.1. The van der Waals surface area contributed by atoms with Gasteiger partial charge >= 0.3 is 0 Å². The van der Waals surface area contributed by atoms with E-state index in [9.17, 15) is 9.59 Å². The molecule has 0 aromatic carbocycles. The van der Waals surface area contributed by atoms with E-state index in [0.717, 1.165) is 17.1 Å². The van der Waals surface area contributed by atoms with Crippen LogP contribution in [-0.4, -0.2) is 35.9 Å². The Kier molecular flexibility index (Phi) is 6.77. The maximum absolute atomic E-state index is 11.6. The van der Waals surface area contributed by atoms with E-state index in [1.807, 2.05) is 27.7 Å². The van der Waals surface area contributed by atoms with E-state index in [1.54, 1.807) is 11.3 Å². The molecule has 0 bridgehead atoms. The van der Waals surface area contributed by atoms with Crippen molar-refractivity contribution >= 4 is 23.2 Å². The van der Waals surface area contributed by atoms with E-state index in [4.69, 9.17) is 5.73 Å². The van der Waals surface area contributed by atoms with Gasteiger partial charge in [0.2, 0.25) is 11.8 Å². The van der Waals surface area contributed by atoms with Crippen LogP contribution in [-0.2, 0) is 16.0 Å². The first-order valence-electron chi connectivity index (χ1n) is 7.04. The summed E-state index contributed by atoms with van der Waals surface area (Å²) in [7, 11) is 0. The summed E-state index contributed by atoms with van der Waals surface area (Å²) < 4.78 is 0. The summed E-state index contributed by atoms with van der Waals surface area (Å²) in [4.78, 5) is 28.8. The molecule has 0 unspecified atom stereocenters. The van der Waals surface area contributed by atoms with E-state index in [1.165, 1.54) is 4.88 Å². The van der Waals surface area contributed by atoms with Crippen LogP contribution in [0.15, 0.2) is 0 Å². The van der Waals surface area contributed by atoms with E-state index < -0.39 is 6.04 Å². The molecule has 118 valence electrons. The van der Waals surface area contributed by atoms with Gasteiger partial charge in [-0.05, 0) is 19.8 Å². The fourth-order valence-electron chi connectivity index (χ4n) is 1.77. The van der Waals surface area contributed by atoms with Crippen molar-refractivity contribution in [2.75, 3.05) is 13.1 Å². The van der Waals surface area contributed by atoms with Gasteiger partial charge in [0.25, 0.3) is 0 Å². The van der Waals surface area contributed by atoms with Crippen molar-refractivity contribution in [2.24, 2.45) is 11.7 Å². The summed E-state index contributed by atoms with van der Waals surface area (Å²) >= 11 is 1.64. The minimum absolute atomic E-state index is 0.0417. The van der Waals surface area contributed by atoms with Gasteiger partial charge in [-0.15, -0.1) is 11.3 Å². The molecule has 1 heterocycles. The van der Waals surface area contributed by atoms with Gasteiger partial charge in [-0.2, -0.15) is 0 Å². The highest BCUT2D eigenvalue weighted by Crippen LogP contribution is 2.16. The molecule has 0 fully saturated rings. The number of carbonyl (C=O) groups excluding carboxylic acids is 2. The van der Waals surface area contributed by atoms with Crippen LogP contribution >= 0.6 is 11.3 Å². The van der Waals surface area contributed by atoms with E-state index >= 15 is 0 Å². The summed E-state index contributed by atoms with van der Waals surface area (Å²) in [5.41, 5.74) is 6.71. The zero-order valence-corrected chi connectivity index (χ0v) is 13.8. The van der Waals surface area contributed by atoms with E-state index in [2.05, 4.69) is 15.6 Å². The monoisotopic (exact) mass is 312 g/mol. The largest absolute Gasteiger partial charge is 0.354 e. The van der Waals surface area contributed by atoms with Gasteiger partial charge in [0, 0.05) is 17.8 Å². The average molecular weight is 312 g/mol. The minimum Gasteiger partial charge on any atom is -0.354 e. The molecular weight excluding hydrogens is 288 g/mol. The van der Waals surface area contributed by atoms with Crippen LogP contribution < -0.4 is 16.4 Å². The number of hydrogen-bond acceptors (Lipinski definition) is 5. The lowest BCUT2D eigenvalue weighted by Gasteiger charge is -2.15. The average Bonchev–Trinajstić information content (AvgIpc) is 2.73. The van der Waals surface area contributed by atoms with Gasteiger partial charge in [-0.25, -0.2) is 4.98 Å². The molecule has 4 N–H and O–H groups in total. The number of nitrogens with zero attached hydrogens (tertiary/aromatic N) is 1. The Bertz CT molecular complexity index is 499. The van der Waals surface area contributed by atoms with Gasteiger partial charge in [0.05, 0.1) is 23.3 Å². The topological polar surface area (TPSA) is 97.1 Å². The van der Waals surface area contributed by atoms with Crippen molar-refractivity contribution in [1.82, 2.24) is 15.6 Å². The maximum atomic E-state index is 11.6. The van der Waals surface area contributed by atoms with Crippen LogP contribution in [0.25, 0.3) is 0 Å². The smallest absolute Gasteiger partial charge is 0.239 e. The minimum atomic E-state index is -0.583. The lowest BCUT2D eigenvalue weighted by Crippen LogP contribution is -2.47. The first-order chi connectivity index (χ1) is 9.81. The number of aryl methyl sites for hydroxylation is 2. The van der Waals surface area contributed by atoms with Gasteiger partial charge < -0.3 is 16.4 Å². The van der Waals surface area contributed by atoms with Crippen molar-refractivity contribution in [3.63, 3.8) is 0 Å². The molecule has 0 saturated heterocycles. The summed E-state index contributed by atoms with van der Waals surface area (Å²) in [6.45, 7) is 8.15. The Labute approximate surface area is 129 Å². The molecule has 7 heteroatoms. The lowest BCUT2D eigenvalue weighted by molar-refractivity contribution is -0.127. The predicted molar refractivity (Wildman–Crippen MR) is 84.1 cm³/mol. The summed E-state index contributed by atoms with van der Waals surface area (Å²) in [5, 5.41) is 6.35. The number of amides is 2. The van der Waals surface area contributed by atoms with E-state index in [0.29, 0.717) is 6.54 Å². The molecule has 1 aromatic heterocycles. The van der Waals surface area contributed by atoms with Crippen LogP contribution in [0.1, 0.15) is 29.4 Å². The molecule has 0 radical (unpaired) electrons. The summed E-state index contributed by atoms with van der Waals surface area (Å²) in [6, 6.07) is -0.583. The Morgan fingerprint density at radius 2 is 1.95 bits per heavy atom. The highest BCUT2D eigenvalue weighted by molar-refractivity contribution is 7.11. The third-order valence-corrected chi connectivity index (χ3v) is 4.25. The molecule has 0 aliphatic heterocycles. The zero-order chi connectivity index (χ0) is 16.0. The molecule has 21 heavy (non-hydrogen) atoms. The van der Waals surface area contributed by atoms with Gasteiger partial charge in [0.1, 0.15) is 0 Å². The number of aromatic nitrogens is 1. The van der Waals surface area contributed by atoms with Crippen LogP contribution in [0.3, 0.4) is 0 Å². The van der Waals surface area contributed by atoms with Crippen molar-refractivity contribution < 1.29 is 9.59 Å².